The quantitative estimate of drug-likeness (QED) is 0.530. The number of hydrogen-bond acceptors (Lipinski definition) is 3. The summed E-state index contributed by atoms with van der Waals surface area (Å²) in [6.45, 7) is 4.69. The number of amides is 1. The Morgan fingerprint density at radius 1 is 1.28 bits per heavy atom. The highest BCUT2D eigenvalue weighted by Gasteiger charge is 2.22. The Kier molecular flexibility index (Phi) is 7.57. The molecule has 1 aliphatic carbocycles. The summed E-state index contributed by atoms with van der Waals surface area (Å²) < 4.78 is 5.93. The summed E-state index contributed by atoms with van der Waals surface area (Å²) in [5, 5.41) is 6.42. The van der Waals surface area contributed by atoms with E-state index in [4.69, 9.17) is 4.74 Å². The number of carbonyl (C=O) groups excluding carboxylic acids is 1. The second-order valence-electron chi connectivity index (χ2n) is 6.52. The number of nitrogens with zero attached hydrogens (tertiary/aromatic N) is 2. The fraction of sp³-hybridized carbons (Fsp3) is 0.579. The van der Waals surface area contributed by atoms with Crippen LogP contribution < -0.4 is 15.4 Å². The summed E-state index contributed by atoms with van der Waals surface area (Å²) >= 11 is 0. The number of guanidine groups is 1. The average Bonchev–Trinajstić information content (AvgIpc) is 3.42. The summed E-state index contributed by atoms with van der Waals surface area (Å²) in [5.41, 5.74) is 1.07. The molecule has 6 heteroatoms. The van der Waals surface area contributed by atoms with E-state index in [1.807, 2.05) is 31.2 Å². The van der Waals surface area contributed by atoms with Crippen molar-refractivity contribution in [3.8, 4) is 5.75 Å². The molecule has 0 atom stereocenters. The predicted molar refractivity (Wildman–Crippen MR) is 101 cm³/mol. The largest absolute Gasteiger partial charge is 0.493 e. The van der Waals surface area contributed by atoms with Crippen molar-refractivity contribution in [3.63, 3.8) is 0 Å². The first-order valence-electron chi connectivity index (χ1n) is 9.03. The zero-order valence-electron chi connectivity index (χ0n) is 15.5. The molecule has 0 spiro atoms. The van der Waals surface area contributed by atoms with E-state index in [1.54, 1.807) is 19.0 Å². The van der Waals surface area contributed by atoms with E-state index in [0.29, 0.717) is 25.5 Å². The third kappa shape index (κ3) is 7.03. The molecule has 1 saturated carbocycles. The molecule has 0 unspecified atom stereocenters. The van der Waals surface area contributed by atoms with Gasteiger partial charge in [0.1, 0.15) is 5.75 Å². The van der Waals surface area contributed by atoms with E-state index < -0.39 is 0 Å². The molecule has 6 nitrogen and oxygen atoms in total. The van der Waals surface area contributed by atoms with Gasteiger partial charge in [-0.25, -0.2) is 4.99 Å². The van der Waals surface area contributed by atoms with Gasteiger partial charge >= 0.3 is 0 Å². The molecule has 0 bridgehead atoms. The smallest absolute Gasteiger partial charge is 0.223 e. The molecule has 2 rings (SSSR count). The number of benzene rings is 1. The lowest BCUT2D eigenvalue weighted by atomic mass is 10.2. The van der Waals surface area contributed by atoms with Crippen LogP contribution in [0.15, 0.2) is 29.3 Å². The Balaban J connectivity index is 1.89. The maximum absolute atomic E-state index is 11.6. The fourth-order valence-electron chi connectivity index (χ4n) is 2.28. The van der Waals surface area contributed by atoms with Crippen molar-refractivity contribution in [3.05, 3.63) is 29.8 Å². The van der Waals surface area contributed by atoms with Crippen molar-refractivity contribution in [1.29, 1.82) is 0 Å². The van der Waals surface area contributed by atoms with E-state index in [9.17, 15) is 4.79 Å². The summed E-state index contributed by atoms with van der Waals surface area (Å²) in [7, 11) is 3.53. The molecule has 25 heavy (non-hydrogen) atoms. The Labute approximate surface area is 150 Å². The van der Waals surface area contributed by atoms with Gasteiger partial charge in [-0.3, -0.25) is 4.79 Å². The average molecular weight is 346 g/mol. The lowest BCUT2D eigenvalue weighted by Crippen LogP contribution is -2.39. The van der Waals surface area contributed by atoms with Crippen LogP contribution in [0.3, 0.4) is 0 Å². The van der Waals surface area contributed by atoms with Crippen LogP contribution in [-0.4, -0.2) is 50.6 Å². The highest BCUT2D eigenvalue weighted by atomic mass is 16.5. The summed E-state index contributed by atoms with van der Waals surface area (Å²) in [6.07, 6.45) is 3.00. The minimum atomic E-state index is 0.0992. The van der Waals surface area contributed by atoms with Crippen LogP contribution in [0.4, 0.5) is 0 Å². The number of para-hydroxylation sites is 1. The van der Waals surface area contributed by atoms with Gasteiger partial charge in [0.05, 0.1) is 13.2 Å². The monoisotopic (exact) mass is 346 g/mol. The third-order valence-corrected chi connectivity index (χ3v) is 4.03. The standard InChI is InChI=1S/C19H30N4O2/c1-4-20-19(21-12-11-18(24)23(2)3)22-13-16-7-5-6-8-17(16)25-14-15-9-10-15/h5-8,15H,4,9-14H2,1-3H3,(H2,20,21,22). The maximum Gasteiger partial charge on any atom is 0.223 e. The Morgan fingerprint density at radius 2 is 2.04 bits per heavy atom. The molecule has 0 aromatic heterocycles. The van der Waals surface area contributed by atoms with E-state index in [0.717, 1.165) is 30.4 Å². The molecule has 1 aromatic carbocycles. The highest BCUT2D eigenvalue weighted by molar-refractivity contribution is 5.81. The molecule has 1 amide bonds. The molecular weight excluding hydrogens is 316 g/mol. The Bertz CT molecular complexity index is 583. The number of nitrogens with one attached hydrogen (secondary N) is 2. The van der Waals surface area contributed by atoms with Gasteiger partial charge in [0, 0.05) is 39.2 Å². The second kappa shape index (κ2) is 9.91. The van der Waals surface area contributed by atoms with Gasteiger partial charge < -0.3 is 20.3 Å². The van der Waals surface area contributed by atoms with E-state index >= 15 is 0 Å². The van der Waals surface area contributed by atoms with Crippen LogP contribution >= 0.6 is 0 Å². The van der Waals surface area contributed by atoms with Crippen LogP contribution in [0.1, 0.15) is 31.7 Å². The zero-order valence-corrected chi connectivity index (χ0v) is 15.5. The van der Waals surface area contributed by atoms with Crippen molar-refractivity contribution >= 4 is 11.9 Å². The fourth-order valence-corrected chi connectivity index (χ4v) is 2.28. The topological polar surface area (TPSA) is 66.0 Å². The molecule has 2 N–H and O–H groups in total. The van der Waals surface area contributed by atoms with Crippen LogP contribution in [0.5, 0.6) is 5.75 Å². The second-order valence-corrected chi connectivity index (χ2v) is 6.52. The highest BCUT2D eigenvalue weighted by Crippen LogP contribution is 2.30. The molecule has 0 saturated heterocycles. The first-order valence-corrected chi connectivity index (χ1v) is 9.03. The number of aliphatic imine (C=N–C) groups is 1. The summed E-state index contributed by atoms with van der Waals surface area (Å²) in [5.74, 6) is 2.45. The Morgan fingerprint density at radius 3 is 2.72 bits per heavy atom. The van der Waals surface area contributed by atoms with Gasteiger partial charge in [-0.2, -0.15) is 0 Å². The lowest BCUT2D eigenvalue weighted by Gasteiger charge is -2.14. The van der Waals surface area contributed by atoms with Gasteiger partial charge in [-0.05, 0) is 31.7 Å². The van der Waals surface area contributed by atoms with Gasteiger partial charge in [-0.1, -0.05) is 18.2 Å². The first kappa shape index (κ1) is 19.1. The van der Waals surface area contributed by atoms with E-state index in [2.05, 4.69) is 15.6 Å². The zero-order chi connectivity index (χ0) is 18.1. The van der Waals surface area contributed by atoms with Crippen LogP contribution in [-0.2, 0) is 11.3 Å². The molecule has 138 valence electrons. The molecule has 0 aliphatic heterocycles. The van der Waals surface area contributed by atoms with Crippen molar-refractivity contribution in [2.75, 3.05) is 33.8 Å². The van der Waals surface area contributed by atoms with Crippen LogP contribution in [0.25, 0.3) is 0 Å². The van der Waals surface area contributed by atoms with Crippen molar-refractivity contribution in [1.82, 2.24) is 15.5 Å². The molecule has 0 heterocycles. The predicted octanol–water partition coefficient (Wildman–Crippen LogP) is 2.01. The molecular formula is C19H30N4O2. The number of hydrogen-bond donors (Lipinski definition) is 2. The van der Waals surface area contributed by atoms with Crippen LogP contribution in [0, 0.1) is 5.92 Å². The van der Waals surface area contributed by atoms with Gasteiger partial charge in [0.2, 0.25) is 5.91 Å². The number of carbonyl (C=O) groups is 1. The van der Waals surface area contributed by atoms with Crippen molar-refractivity contribution in [2.24, 2.45) is 10.9 Å². The van der Waals surface area contributed by atoms with Crippen molar-refractivity contribution in [2.45, 2.75) is 32.7 Å². The number of ether oxygens (including phenoxy) is 1. The minimum absolute atomic E-state index is 0.0992. The maximum atomic E-state index is 11.6. The summed E-state index contributed by atoms with van der Waals surface area (Å²) in [6, 6.07) is 8.05. The lowest BCUT2D eigenvalue weighted by molar-refractivity contribution is -0.128. The van der Waals surface area contributed by atoms with Gasteiger partial charge in [0.15, 0.2) is 5.96 Å². The first-order chi connectivity index (χ1) is 12.1. The summed E-state index contributed by atoms with van der Waals surface area (Å²) in [4.78, 5) is 17.9. The van der Waals surface area contributed by atoms with Crippen LogP contribution in [0.2, 0.25) is 0 Å². The molecule has 1 aliphatic rings. The SMILES string of the molecule is CCNC(=NCc1ccccc1OCC1CC1)NCCC(=O)N(C)C. The minimum Gasteiger partial charge on any atom is -0.493 e. The molecule has 0 radical (unpaired) electrons. The van der Waals surface area contributed by atoms with E-state index in [-0.39, 0.29) is 5.91 Å². The third-order valence-electron chi connectivity index (χ3n) is 4.03. The van der Waals surface area contributed by atoms with E-state index in [1.165, 1.54) is 12.8 Å². The van der Waals surface area contributed by atoms with Crippen molar-refractivity contribution < 1.29 is 9.53 Å². The molecule has 1 aromatic rings. The Hall–Kier alpha value is -2.24. The van der Waals surface area contributed by atoms with Gasteiger partial charge in [0.25, 0.3) is 0 Å². The van der Waals surface area contributed by atoms with Gasteiger partial charge in [-0.15, -0.1) is 0 Å². The number of rotatable bonds is 9. The molecule has 1 fully saturated rings. The normalized spacial score (nSPS) is 14.1.